The van der Waals surface area contributed by atoms with E-state index in [4.69, 9.17) is 0 Å². The molecular formula is C10H15N3S. The number of likely N-dealkylation sites (N-methyl/N-ethyl adjacent to an activating group) is 1. The molecule has 0 fully saturated rings. The summed E-state index contributed by atoms with van der Waals surface area (Å²) < 4.78 is 0. The van der Waals surface area contributed by atoms with Crippen LogP contribution in [0.15, 0.2) is 22.5 Å². The molecule has 0 atom stereocenters. The Hall–Kier alpha value is -1.03. The first-order valence-corrected chi connectivity index (χ1v) is 5.76. The Morgan fingerprint density at radius 1 is 1.64 bits per heavy atom. The molecule has 0 saturated heterocycles. The summed E-state index contributed by atoms with van der Waals surface area (Å²) in [5.74, 6) is 1.04. The lowest BCUT2D eigenvalue weighted by Crippen LogP contribution is -2.36. The number of nitrogens with one attached hydrogen (secondary N) is 1. The van der Waals surface area contributed by atoms with Crippen molar-refractivity contribution in [3.05, 3.63) is 22.4 Å². The van der Waals surface area contributed by atoms with E-state index in [1.807, 2.05) is 11.3 Å². The van der Waals surface area contributed by atoms with E-state index in [0.29, 0.717) is 0 Å². The Morgan fingerprint density at radius 2 is 2.57 bits per heavy atom. The highest BCUT2D eigenvalue weighted by Crippen LogP contribution is 2.08. The number of nitrogens with zero attached hydrogens (tertiary/aromatic N) is 2. The van der Waals surface area contributed by atoms with Crippen molar-refractivity contribution in [2.45, 2.75) is 6.42 Å². The molecule has 0 unspecified atom stereocenters. The average Bonchev–Trinajstić information content (AvgIpc) is 2.78. The van der Waals surface area contributed by atoms with Crippen LogP contribution in [0.3, 0.4) is 0 Å². The first-order chi connectivity index (χ1) is 6.86. The van der Waals surface area contributed by atoms with Crippen LogP contribution in [0, 0.1) is 0 Å². The highest BCUT2D eigenvalue weighted by Gasteiger charge is 2.10. The molecule has 14 heavy (non-hydrogen) atoms. The summed E-state index contributed by atoms with van der Waals surface area (Å²) in [6.45, 7) is 2.95. The maximum absolute atomic E-state index is 4.37. The van der Waals surface area contributed by atoms with Crippen LogP contribution in [0.25, 0.3) is 0 Å². The van der Waals surface area contributed by atoms with Gasteiger partial charge in [0.2, 0.25) is 0 Å². The Labute approximate surface area is 88.5 Å². The predicted molar refractivity (Wildman–Crippen MR) is 61.0 cm³/mol. The molecular weight excluding hydrogens is 194 g/mol. The summed E-state index contributed by atoms with van der Waals surface area (Å²) >= 11 is 1.81. The van der Waals surface area contributed by atoms with Crippen LogP contribution in [0.2, 0.25) is 0 Å². The smallest absolute Gasteiger partial charge is 0.193 e. The number of aliphatic imine (C=N–C) groups is 1. The minimum absolute atomic E-state index is 0.928. The van der Waals surface area contributed by atoms with Crippen molar-refractivity contribution in [1.82, 2.24) is 10.2 Å². The first-order valence-electron chi connectivity index (χ1n) is 4.88. The SMILES string of the molecule is CN1CCN=C1NCCc1cccs1. The lowest BCUT2D eigenvalue weighted by atomic mass is 10.3. The third-order valence-electron chi connectivity index (χ3n) is 2.29. The molecule has 1 aliphatic heterocycles. The lowest BCUT2D eigenvalue weighted by molar-refractivity contribution is 0.534. The highest BCUT2D eigenvalue weighted by molar-refractivity contribution is 7.09. The second kappa shape index (κ2) is 4.46. The van der Waals surface area contributed by atoms with Gasteiger partial charge in [0.1, 0.15) is 0 Å². The first kappa shape index (κ1) is 9.52. The molecule has 76 valence electrons. The maximum atomic E-state index is 4.37. The van der Waals surface area contributed by atoms with Gasteiger partial charge in [0, 0.05) is 25.0 Å². The molecule has 1 aromatic heterocycles. The van der Waals surface area contributed by atoms with Crippen LogP contribution in [0.5, 0.6) is 0 Å². The van der Waals surface area contributed by atoms with Gasteiger partial charge >= 0.3 is 0 Å². The fourth-order valence-corrected chi connectivity index (χ4v) is 2.18. The summed E-state index contributed by atoms with van der Waals surface area (Å²) in [7, 11) is 2.07. The van der Waals surface area contributed by atoms with Gasteiger partial charge in [-0.1, -0.05) is 6.07 Å². The second-order valence-electron chi connectivity index (χ2n) is 3.38. The molecule has 3 nitrogen and oxygen atoms in total. The van der Waals surface area contributed by atoms with Gasteiger partial charge in [-0.25, -0.2) is 0 Å². The number of hydrogen-bond acceptors (Lipinski definition) is 4. The lowest BCUT2D eigenvalue weighted by Gasteiger charge is -2.14. The molecule has 0 spiro atoms. The van der Waals surface area contributed by atoms with E-state index in [9.17, 15) is 0 Å². The Morgan fingerprint density at radius 3 is 3.21 bits per heavy atom. The molecule has 0 bridgehead atoms. The standard InChI is InChI=1S/C10H15N3S/c1-13-7-6-12-10(13)11-5-4-9-3-2-8-14-9/h2-3,8H,4-7H2,1H3,(H,11,12). The van der Waals surface area contributed by atoms with E-state index in [-0.39, 0.29) is 0 Å². The third kappa shape index (κ3) is 2.26. The number of rotatable bonds is 3. The number of hydrogen-bond donors (Lipinski definition) is 1. The van der Waals surface area contributed by atoms with Gasteiger partial charge < -0.3 is 10.2 Å². The Balaban J connectivity index is 1.73. The summed E-state index contributed by atoms with van der Waals surface area (Å²) in [4.78, 5) is 7.96. The van der Waals surface area contributed by atoms with Gasteiger partial charge in [-0.15, -0.1) is 11.3 Å². The van der Waals surface area contributed by atoms with Gasteiger partial charge in [-0.2, -0.15) is 0 Å². The molecule has 0 radical (unpaired) electrons. The molecule has 1 aromatic rings. The van der Waals surface area contributed by atoms with E-state index >= 15 is 0 Å². The maximum Gasteiger partial charge on any atom is 0.193 e. The fourth-order valence-electron chi connectivity index (χ4n) is 1.48. The van der Waals surface area contributed by atoms with Crippen molar-refractivity contribution < 1.29 is 0 Å². The van der Waals surface area contributed by atoms with Crippen LogP contribution < -0.4 is 5.32 Å². The van der Waals surface area contributed by atoms with E-state index < -0.39 is 0 Å². The Bertz CT molecular complexity index is 305. The number of guanidine groups is 1. The van der Waals surface area contributed by atoms with Crippen LogP contribution in [-0.4, -0.2) is 37.5 Å². The molecule has 0 aliphatic carbocycles. The van der Waals surface area contributed by atoms with Gasteiger partial charge in [-0.05, 0) is 17.9 Å². The van der Waals surface area contributed by atoms with Gasteiger partial charge in [0.15, 0.2) is 5.96 Å². The summed E-state index contributed by atoms with van der Waals surface area (Å²) in [6, 6.07) is 4.27. The normalized spacial score (nSPS) is 15.8. The zero-order valence-electron chi connectivity index (χ0n) is 8.36. The number of thiophene rings is 1. The van der Waals surface area contributed by atoms with Crippen LogP contribution in [0.4, 0.5) is 0 Å². The van der Waals surface area contributed by atoms with Crippen molar-refractivity contribution in [1.29, 1.82) is 0 Å². The predicted octanol–water partition coefficient (Wildman–Crippen LogP) is 1.18. The van der Waals surface area contributed by atoms with Crippen LogP contribution in [-0.2, 0) is 6.42 Å². The van der Waals surface area contributed by atoms with Crippen molar-refractivity contribution >= 4 is 17.3 Å². The van der Waals surface area contributed by atoms with Crippen molar-refractivity contribution in [2.24, 2.45) is 4.99 Å². The molecule has 1 aliphatic rings. The van der Waals surface area contributed by atoms with Gasteiger partial charge in [-0.3, -0.25) is 4.99 Å². The quantitative estimate of drug-likeness (QED) is 0.809. The molecule has 4 heteroatoms. The minimum atomic E-state index is 0.928. The fraction of sp³-hybridized carbons (Fsp3) is 0.500. The monoisotopic (exact) mass is 209 g/mol. The van der Waals surface area contributed by atoms with Gasteiger partial charge in [0.25, 0.3) is 0 Å². The topological polar surface area (TPSA) is 27.6 Å². The second-order valence-corrected chi connectivity index (χ2v) is 4.42. The van der Waals surface area contributed by atoms with Crippen molar-refractivity contribution in [3.8, 4) is 0 Å². The molecule has 0 aromatic carbocycles. The largest absolute Gasteiger partial charge is 0.356 e. The molecule has 2 rings (SSSR count). The van der Waals surface area contributed by atoms with Crippen LogP contribution >= 0.6 is 11.3 Å². The van der Waals surface area contributed by atoms with E-state index in [1.54, 1.807) is 0 Å². The summed E-state index contributed by atoms with van der Waals surface area (Å²) in [5, 5.41) is 5.47. The van der Waals surface area contributed by atoms with E-state index in [1.165, 1.54) is 4.88 Å². The Kier molecular flexibility index (Phi) is 3.03. The molecule has 1 N–H and O–H groups in total. The van der Waals surface area contributed by atoms with E-state index in [2.05, 4.69) is 39.8 Å². The van der Waals surface area contributed by atoms with Gasteiger partial charge in [0.05, 0.1) is 6.54 Å². The summed E-state index contributed by atoms with van der Waals surface area (Å²) in [6.07, 6.45) is 1.09. The zero-order valence-corrected chi connectivity index (χ0v) is 9.18. The zero-order chi connectivity index (χ0) is 9.80. The average molecular weight is 209 g/mol. The summed E-state index contributed by atoms with van der Waals surface area (Å²) in [5.41, 5.74) is 0. The highest BCUT2D eigenvalue weighted by atomic mass is 32.1. The molecule has 0 saturated carbocycles. The molecule has 0 amide bonds. The van der Waals surface area contributed by atoms with Crippen LogP contribution in [0.1, 0.15) is 4.88 Å². The van der Waals surface area contributed by atoms with Crippen molar-refractivity contribution in [3.63, 3.8) is 0 Å². The third-order valence-corrected chi connectivity index (χ3v) is 3.23. The van der Waals surface area contributed by atoms with Crippen molar-refractivity contribution in [2.75, 3.05) is 26.7 Å². The molecule has 2 heterocycles. The minimum Gasteiger partial charge on any atom is -0.356 e. The van der Waals surface area contributed by atoms with E-state index in [0.717, 1.165) is 32.0 Å².